The lowest BCUT2D eigenvalue weighted by molar-refractivity contribution is 0.634. The third-order valence-electron chi connectivity index (χ3n) is 5.31. The Labute approximate surface area is 146 Å². The fourth-order valence-corrected chi connectivity index (χ4v) is 3.57. The second-order valence-corrected chi connectivity index (χ2v) is 7.18. The van der Waals surface area contributed by atoms with Gasteiger partial charge in [-0.3, -0.25) is 0 Å². The molecule has 0 aliphatic rings. The van der Waals surface area contributed by atoms with E-state index in [-0.39, 0.29) is 5.41 Å². The first kappa shape index (κ1) is 16.5. The first-order valence-electron chi connectivity index (χ1n) is 8.69. The molecule has 0 heteroatoms. The smallest absolute Gasteiger partial charge is 0.0149 e. The standard InChI is InChI=1S/C24H26/c1-18-19(2)23(24(3,4)22-13-9-6-10-14-22)16-15-21(18)17-20-11-7-5-8-12-20/h5-16H,17H2,1-4H3. The van der Waals surface area contributed by atoms with Crippen LogP contribution in [0.4, 0.5) is 0 Å². The van der Waals surface area contributed by atoms with E-state index in [1.807, 2.05) is 0 Å². The van der Waals surface area contributed by atoms with E-state index < -0.39 is 0 Å². The second-order valence-electron chi connectivity index (χ2n) is 7.18. The molecule has 122 valence electrons. The average molecular weight is 314 g/mol. The molecular weight excluding hydrogens is 288 g/mol. The van der Waals surface area contributed by atoms with Gasteiger partial charge in [0.1, 0.15) is 0 Å². The van der Waals surface area contributed by atoms with Gasteiger partial charge in [-0.1, -0.05) is 86.6 Å². The normalized spacial score (nSPS) is 11.5. The molecule has 0 N–H and O–H groups in total. The molecule has 0 aliphatic carbocycles. The number of benzene rings is 3. The van der Waals surface area contributed by atoms with Crippen LogP contribution < -0.4 is 0 Å². The van der Waals surface area contributed by atoms with Gasteiger partial charge in [0.15, 0.2) is 0 Å². The van der Waals surface area contributed by atoms with E-state index >= 15 is 0 Å². The van der Waals surface area contributed by atoms with Crippen LogP contribution in [-0.2, 0) is 11.8 Å². The highest BCUT2D eigenvalue weighted by molar-refractivity contribution is 5.48. The number of hydrogen-bond donors (Lipinski definition) is 0. The van der Waals surface area contributed by atoms with Crippen molar-refractivity contribution in [1.82, 2.24) is 0 Å². The van der Waals surface area contributed by atoms with Gasteiger partial charge in [0.05, 0.1) is 0 Å². The van der Waals surface area contributed by atoms with E-state index in [1.54, 1.807) is 0 Å². The molecule has 0 heterocycles. The van der Waals surface area contributed by atoms with Crippen LogP contribution in [0.25, 0.3) is 0 Å². The Kier molecular flexibility index (Phi) is 4.57. The molecule has 0 saturated carbocycles. The molecule has 3 aromatic carbocycles. The van der Waals surface area contributed by atoms with Gasteiger partial charge in [-0.25, -0.2) is 0 Å². The maximum Gasteiger partial charge on any atom is 0.0149 e. The van der Waals surface area contributed by atoms with Gasteiger partial charge >= 0.3 is 0 Å². The topological polar surface area (TPSA) is 0 Å². The molecule has 0 aromatic heterocycles. The third-order valence-corrected chi connectivity index (χ3v) is 5.31. The fourth-order valence-electron chi connectivity index (χ4n) is 3.57. The Morgan fingerprint density at radius 3 is 1.88 bits per heavy atom. The van der Waals surface area contributed by atoms with E-state index in [2.05, 4.69) is 100 Å². The van der Waals surface area contributed by atoms with Gasteiger partial charge in [-0.2, -0.15) is 0 Å². The molecule has 0 radical (unpaired) electrons. The maximum atomic E-state index is 2.33. The lowest BCUT2D eigenvalue weighted by Gasteiger charge is -2.29. The SMILES string of the molecule is Cc1c(Cc2ccccc2)ccc(C(C)(C)c2ccccc2)c1C. The van der Waals surface area contributed by atoms with Gasteiger partial charge in [-0.15, -0.1) is 0 Å². The van der Waals surface area contributed by atoms with Crippen LogP contribution in [0, 0.1) is 13.8 Å². The molecule has 0 aliphatic heterocycles. The van der Waals surface area contributed by atoms with Crippen molar-refractivity contribution in [2.75, 3.05) is 0 Å². The molecule has 3 aromatic rings. The van der Waals surface area contributed by atoms with Crippen LogP contribution >= 0.6 is 0 Å². The largest absolute Gasteiger partial charge is 0.0622 e. The summed E-state index contributed by atoms with van der Waals surface area (Å²) in [6, 6.07) is 26.2. The fraction of sp³-hybridized carbons (Fsp3) is 0.250. The van der Waals surface area contributed by atoms with E-state index in [0.29, 0.717) is 0 Å². The van der Waals surface area contributed by atoms with Crippen molar-refractivity contribution >= 4 is 0 Å². The zero-order valence-electron chi connectivity index (χ0n) is 15.1. The summed E-state index contributed by atoms with van der Waals surface area (Å²) < 4.78 is 0. The summed E-state index contributed by atoms with van der Waals surface area (Å²) in [6.45, 7) is 9.17. The monoisotopic (exact) mass is 314 g/mol. The van der Waals surface area contributed by atoms with Crippen molar-refractivity contribution in [3.8, 4) is 0 Å². The van der Waals surface area contributed by atoms with Crippen LogP contribution in [0.3, 0.4) is 0 Å². The van der Waals surface area contributed by atoms with Gasteiger partial charge in [-0.05, 0) is 53.6 Å². The third kappa shape index (κ3) is 3.14. The number of hydrogen-bond acceptors (Lipinski definition) is 0. The van der Waals surface area contributed by atoms with Crippen molar-refractivity contribution in [2.24, 2.45) is 0 Å². The molecule has 0 saturated heterocycles. The second kappa shape index (κ2) is 6.65. The summed E-state index contributed by atoms with van der Waals surface area (Å²) in [5, 5.41) is 0. The quantitative estimate of drug-likeness (QED) is 0.536. The molecule has 0 atom stereocenters. The van der Waals surface area contributed by atoms with E-state index in [1.165, 1.54) is 33.4 Å². The molecule has 0 bridgehead atoms. The first-order chi connectivity index (χ1) is 11.5. The minimum atomic E-state index is 0.0153. The zero-order chi connectivity index (χ0) is 17.2. The summed E-state index contributed by atoms with van der Waals surface area (Å²) in [5.74, 6) is 0. The van der Waals surface area contributed by atoms with Crippen molar-refractivity contribution in [2.45, 2.75) is 39.5 Å². The molecule has 24 heavy (non-hydrogen) atoms. The zero-order valence-corrected chi connectivity index (χ0v) is 15.1. The first-order valence-corrected chi connectivity index (χ1v) is 8.69. The van der Waals surface area contributed by atoms with Crippen LogP contribution in [0.1, 0.15) is 47.2 Å². The molecule has 0 fully saturated rings. The Morgan fingerprint density at radius 1 is 0.667 bits per heavy atom. The predicted molar refractivity (Wildman–Crippen MR) is 104 cm³/mol. The molecule has 0 unspecified atom stereocenters. The minimum Gasteiger partial charge on any atom is -0.0622 e. The number of rotatable bonds is 4. The molecular formula is C24H26. The maximum absolute atomic E-state index is 2.33. The van der Waals surface area contributed by atoms with Gasteiger partial charge in [0.25, 0.3) is 0 Å². The Balaban J connectivity index is 1.99. The highest BCUT2D eigenvalue weighted by Crippen LogP contribution is 2.35. The highest BCUT2D eigenvalue weighted by Gasteiger charge is 2.25. The Bertz CT molecular complexity index is 811. The summed E-state index contributed by atoms with van der Waals surface area (Å²) in [6.07, 6.45) is 1.000. The molecule has 0 nitrogen and oxygen atoms in total. The average Bonchev–Trinajstić information content (AvgIpc) is 2.60. The summed E-state index contributed by atoms with van der Waals surface area (Å²) >= 11 is 0. The summed E-state index contributed by atoms with van der Waals surface area (Å²) in [5.41, 5.74) is 8.42. The van der Waals surface area contributed by atoms with E-state index in [0.717, 1.165) is 6.42 Å². The van der Waals surface area contributed by atoms with Gasteiger partial charge in [0, 0.05) is 5.41 Å². The van der Waals surface area contributed by atoms with E-state index in [9.17, 15) is 0 Å². The van der Waals surface area contributed by atoms with Crippen LogP contribution in [0.15, 0.2) is 72.8 Å². The minimum absolute atomic E-state index is 0.0153. The molecule has 3 rings (SSSR count). The predicted octanol–water partition coefficient (Wildman–Crippen LogP) is 6.22. The van der Waals surface area contributed by atoms with Crippen molar-refractivity contribution < 1.29 is 0 Å². The Hall–Kier alpha value is -2.34. The van der Waals surface area contributed by atoms with Crippen molar-refractivity contribution in [1.29, 1.82) is 0 Å². The molecule has 0 spiro atoms. The van der Waals surface area contributed by atoms with Gasteiger partial charge < -0.3 is 0 Å². The van der Waals surface area contributed by atoms with Crippen LogP contribution in [0.5, 0.6) is 0 Å². The Morgan fingerprint density at radius 2 is 1.25 bits per heavy atom. The molecule has 0 amide bonds. The van der Waals surface area contributed by atoms with E-state index in [4.69, 9.17) is 0 Å². The highest BCUT2D eigenvalue weighted by atomic mass is 14.3. The van der Waals surface area contributed by atoms with Crippen LogP contribution in [-0.4, -0.2) is 0 Å². The lowest BCUT2D eigenvalue weighted by Crippen LogP contribution is -2.21. The summed E-state index contributed by atoms with van der Waals surface area (Å²) in [7, 11) is 0. The van der Waals surface area contributed by atoms with Crippen molar-refractivity contribution in [3.63, 3.8) is 0 Å². The van der Waals surface area contributed by atoms with Crippen molar-refractivity contribution in [3.05, 3.63) is 106 Å². The lowest BCUT2D eigenvalue weighted by atomic mass is 9.75. The van der Waals surface area contributed by atoms with Gasteiger partial charge in [0.2, 0.25) is 0 Å². The van der Waals surface area contributed by atoms with Crippen LogP contribution in [0.2, 0.25) is 0 Å². The summed E-state index contributed by atoms with van der Waals surface area (Å²) in [4.78, 5) is 0.